The first kappa shape index (κ1) is 21.4. The molecule has 0 radical (unpaired) electrons. The maximum Gasteiger partial charge on any atom is 0.224 e. The van der Waals surface area contributed by atoms with Gasteiger partial charge in [-0.3, -0.25) is 14.6 Å². The van der Waals surface area contributed by atoms with E-state index >= 15 is 0 Å². The summed E-state index contributed by atoms with van der Waals surface area (Å²) in [6.07, 6.45) is 4.65. The van der Waals surface area contributed by atoms with E-state index in [1.165, 1.54) is 42.6 Å². The average molecular weight is 426 g/mol. The summed E-state index contributed by atoms with van der Waals surface area (Å²) in [4.78, 5) is 17.7. The van der Waals surface area contributed by atoms with Crippen molar-refractivity contribution >= 4 is 17.5 Å². The van der Waals surface area contributed by atoms with Gasteiger partial charge in [0.05, 0.1) is 5.92 Å². The lowest BCUT2D eigenvalue weighted by molar-refractivity contribution is -0.126. The van der Waals surface area contributed by atoms with Crippen molar-refractivity contribution in [2.45, 2.75) is 45.3 Å². The smallest absolute Gasteiger partial charge is 0.224 e. The fraction of sp³-hybridized carbons (Fsp3) is 0.480. The SMILES string of the molecule is O=C(NCc1cccc(CN2CCCC2)c1)C1CCCN(Cc2cccc(Cl)c2)C1. The van der Waals surface area contributed by atoms with Crippen molar-refractivity contribution < 1.29 is 4.79 Å². The highest BCUT2D eigenvalue weighted by molar-refractivity contribution is 6.30. The Balaban J connectivity index is 1.27. The van der Waals surface area contributed by atoms with Crippen molar-refractivity contribution in [2.24, 2.45) is 5.92 Å². The van der Waals surface area contributed by atoms with Gasteiger partial charge in [0.15, 0.2) is 0 Å². The molecular formula is C25H32ClN3O. The topological polar surface area (TPSA) is 35.6 Å². The van der Waals surface area contributed by atoms with Crippen LogP contribution in [0.5, 0.6) is 0 Å². The first-order chi connectivity index (χ1) is 14.7. The molecule has 5 heteroatoms. The lowest BCUT2D eigenvalue weighted by Crippen LogP contribution is -2.42. The highest BCUT2D eigenvalue weighted by Gasteiger charge is 2.25. The molecule has 2 saturated heterocycles. The highest BCUT2D eigenvalue weighted by atomic mass is 35.5. The van der Waals surface area contributed by atoms with Crippen LogP contribution in [0, 0.1) is 5.92 Å². The van der Waals surface area contributed by atoms with Crippen molar-refractivity contribution in [3.63, 3.8) is 0 Å². The first-order valence-electron chi connectivity index (χ1n) is 11.2. The summed E-state index contributed by atoms with van der Waals surface area (Å²) in [6.45, 7) is 6.73. The van der Waals surface area contributed by atoms with Crippen molar-refractivity contribution in [1.82, 2.24) is 15.1 Å². The van der Waals surface area contributed by atoms with Crippen molar-refractivity contribution in [3.8, 4) is 0 Å². The fourth-order valence-corrected chi connectivity index (χ4v) is 4.89. The molecule has 2 aromatic carbocycles. The van der Waals surface area contributed by atoms with Gasteiger partial charge in [-0.1, -0.05) is 48.0 Å². The standard InChI is InChI=1S/C25H32ClN3O/c26-24-10-4-8-22(15-24)18-29-13-5-9-23(19-29)25(30)27-16-20-6-3-7-21(14-20)17-28-11-1-2-12-28/h3-4,6-8,10,14-15,23H,1-2,5,9,11-13,16-19H2,(H,27,30). The summed E-state index contributed by atoms with van der Waals surface area (Å²) in [5, 5.41) is 3.95. The monoisotopic (exact) mass is 425 g/mol. The summed E-state index contributed by atoms with van der Waals surface area (Å²) in [5.41, 5.74) is 3.74. The van der Waals surface area contributed by atoms with Crippen LogP contribution in [-0.2, 0) is 24.4 Å². The van der Waals surface area contributed by atoms with Gasteiger partial charge in [0, 0.05) is 31.2 Å². The third kappa shape index (κ3) is 6.07. The zero-order valence-corrected chi connectivity index (χ0v) is 18.4. The van der Waals surface area contributed by atoms with Crippen LogP contribution in [0.25, 0.3) is 0 Å². The molecule has 0 aromatic heterocycles. The fourth-order valence-electron chi connectivity index (χ4n) is 4.68. The third-order valence-corrected chi connectivity index (χ3v) is 6.47. The second kappa shape index (κ2) is 10.4. The molecule has 1 unspecified atom stereocenters. The van der Waals surface area contributed by atoms with E-state index in [0.717, 1.165) is 44.0 Å². The second-order valence-electron chi connectivity index (χ2n) is 8.73. The molecule has 160 valence electrons. The van der Waals surface area contributed by atoms with E-state index in [1.807, 2.05) is 18.2 Å². The Morgan fingerprint density at radius 1 is 0.900 bits per heavy atom. The van der Waals surface area contributed by atoms with E-state index in [9.17, 15) is 4.79 Å². The van der Waals surface area contributed by atoms with E-state index < -0.39 is 0 Å². The van der Waals surface area contributed by atoms with Gasteiger partial charge in [-0.05, 0) is 74.1 Å². The number of nitrogens with one attached hydrogen (secondary N) is 1. The Hall–Kier alpha value is -1.88. The number of hydrogen-bond donors (Lipinski definition) is 1. The minimum Gasteiger partial charge on any atom is -0.352 e. The number of carbonyl (C=O) groups excluding carboxylic acids is 1. The Bertz CT molecular complexity index is 850. The Morgan fingerprint density at radius 2 is 1.57 bits per heavy atom. The van der Waals surface area contributed by atoms with Crippen LogP contribution in [0.2, 0.25) is 5.02 Å². The molecule has 2 aliphatic rings. The molecule has 2 heterocycles. The molecule has 1 N–H and O–H groups in total. The number of carbonyl (C=O) groups is 1. The maximum atomic E-state index is 12.8. The van der Waals surface area contributed by atoms with Gasteiger partial charge in [-0.25, -0.2) is 0 Å². The van der Waals surface area contributed by atoms with Gasteiger partial charge in [0.2, 0.25) is 5.91 Å². The number of benzene rings is 2. The lowest BCUT2D eigenvalue weighted by atomic mass is 9.96. The van der Waals surface area contributed by atoms with E-state index in [2.05, 4.69) is 45.4 Å². The van der Waals surface area contributed by atoms with E-state index in [0.29, 0.717) is 6.54 Å². The lowest BCUT2D eigenvalue weighted by Gasteiger charge is -2.32. The number of hydrogen-bond acceptors (Lipinski definition) is 3. The Labute approximate surface area is 185 Å². The number of piperidine rings is 1. The number of amides is 1. The molecule has 0 spiro atoms. The second-order valence-corrected chi connectivity index (χ2v) is 9.16. The summed E-state index contributed by atoms with van der Waals surface area (Å²) in [7, 11) is 0. The van der Waals surface area contributed by atoms with Crippen molar-refractivity contribution in [2.75, 3.05) is 26.2 Å². The van der Waals surface area contributed by atoms with Gasteiger partial charge in [0.25, 0.3) is 0 Å². The zero-order chi connectivity index (χ0) is 20.8. The summed E-state index contributed by atoms with van der Waals surface area (Å²) >= 11 is 6.11. The predicted molar refractivity (Wildman–Crippen MR) is 122 cm³/mol. The van der Waals surface area contributed by atoms with Gasteiger partial charge in [-0.15, -0.1) is 0 Å². The van der Waals surface area contributed by atoms with E-state index in [4.69, 9.17) is 11.6 Å². The molecule has 2 fully saturated rings. The van der Waals surface area contributed by atoms with Crippen LogP contribution in [0.1, 0.15) is 42.4 Å². The largest absolute Gasteiger partial charge is 0.352 e. The van der Waals surface area contributed by atoms with Gasteiger partial charge in [0.1, 0.15) is 0 Å². The normalized spacial score (nSPS) is 20.4. The van der Waals surface area contributed by atoms with Gasteiger partial charge < -0.3 is 5.32 Å². The van der Waals surface area contributed by atoms with Gasteiger partial charge >= 0.3 is 0 Å². The van der Waals surface area contributed by atoms with Crippen molar-refractivity contribution in [3.05, 3.63) is 70.2 Å². The molecule has 4 rings (SSSR count). The van der Waals surface area contributed by atoms with E-state index in [1.54, 1.807) is 0 Å². The average Bonchev–Trinajstić information content (AvgIpc) is 3.25. The Kier molecular flexibility index (Phi) is 7.42. The van der Waals surface area contributed by atoms with Crippen LogP contribution in [-0.4, -0.2) is 41.9 Å². The molecule has 2 aromatic rings. The van der Waals surface area contributed by atoms with Crippen LogP contribution < -0.4 is 5.32 Å². The molecule has 0 aliphatic carbocycles. The van der Waals surface area contributed by atoms with Crippen LogP contribution >= 0.6 is 11.6 Å². The third-order valence-electron chi connectivity index (χ3n) is 6.23. The first-order valence-corrected chi connectivity index (χ1v) is 11.6. The molecule has 0 bridgehead atoms. The van der Waals surface area contributed by atoms with E-state index in [-0.39, 0.29) is 11.8 Å². The molecule has 1 atom stereocenters. The van der Waals surface area contributed by atoms with Crippen LogP contribution in [0.4, 0.5) is 0 Å². The summed E-state index contributed by atoms with van der Waals surface area (Å²) in [6, 6.07) is 16.7. The van der Waals surface area contributed by atoms with Crippen LogP contribution in [0.15, 0.2) is 48.5 Å². The molecule has 0 saturated carbocycles. The quantitative estimate of drug-likeness (QED) is 0.711. The van der Waals surface area contributed by atoms with Gasteiger partial charge in [-0.2, -0.15) is 0 Å². The summed E-state index contributed by atoms with van der Waals surface area (Å²) in [5.74, 6) is 0.237. The maximum absolute atomic E-state index is 12.8. The summed E-state index contributed by atoms with van der Waals surface area (Å²) < 4.78 is 0. The molecule has 2 aliphatic heterocycles. The number of halogens is 1. The molecule has 1 amide bonds. The number of rotatable bonds is 7. The molecule has 30 heavy (non-hydrogen) atoms. The number of nitrogens with zero attached hydrogens (tertiary/aromatic N) is 2. The zero-order valence-electron chi connectivity index (χ0n) is 17.7. The highest BCUT2D eigenvalue weighted by Crippen LogP contribution is 2.20. The minimum atomic E-state index is 0.0608. The Morgan fingerprint density at radius 3 is 2.37 bits per heavy atom. The number of likely N-dealkylation sites (tertiary alicyclic amines) is 2. The molecule has 4 nitrogen and oxygen atoms in total. The van der Waals surface area contributed by atoms with Crippen LogP contribution in [0.3, 0.4) is 0 Å². The molecular weight excluding hydrogens is 394 g/mol. The predicted octanol–water partition coefficient (Wildman–Crippen LogP) is 4.46. The van der Waals surface area contributed by atoms with Crippen molar-refractivity contribution in [1.29, 1.82) is 0 Å². The minimum absolute atomic E-state index is 0.0608.